The van der Waals surface area contributed by atoms with Crippen molar-refractivity contribution < 1.29 is 18.1 Å². The Kier molecular flexibility index (Phi) is 4.19. The van der Waals surface area contributed by atoms with Gasteiger partial charge in [0.05, 0.1) is 6.54 Å². The predicted molar refractivity (Wildman–Crippen MR) is 85.5 cm³/mol. The summed E-state index contributed by atoms with van der Waals surface area (Å²) in [5.41, 5.74) is 0.645. The number of hydrogen-bond donors (Lipinski definition) is 1. The van der Waals surface area contributed by atoms with E-state index in [2.05, 4.69) is 20.6 Å². The number of aryl methyl sites for hydroxylation is 1. The third kappa shape index (κ3) is 3.07. The number of nitrogens with zero attached hydrogens (tertiary/aromatic N) is 4. The fourth-order valence-electron chi connectivity index (χ4n) is 3.03. The van der Waals surface area contributed by atoms with Crippen LogP contribution in [-0.2, 0) is 24.3 Å². The molecule has 1 aliphatic rings. The molecular weight excluding hydrogens is 344 g/mol. The van der Waals surface area contributed by atoms with Crippen LogP contribution in [0.3, 0.4) is 0 Å². The highest BCUT2D eigenvalue weighted by atomic mass is 19.1. The van der Waals surface area contributed by atoms with Crippen molar-refractivity contribution in [2.24, 2.45) is 5.92 Å². The van der Waals surface area contributed by atoms with Gasteiger partial charge in [-0.3, -0.25) is 9.48 Å². The van der Waals surface area contributed by atoms with E-state index >= 15 is 0 Å². The maximum atomic E-state index is 13.8. The molecule has 3 aromatic rings. The highest BCUT2D eigenvalue weighted by Gasteiger charge is 2.25. The van der Waals surface area contributed by atoms with Gasteiger partial charge >= 0.3 is 0 Å². The molecule has 2 aromatic heterocycles. The van der Waals surface area contributed by atoms with E-state index in [-0.39, 0.29) is 35.6 Å². The number of aromatic nitrogens is 4. The lowest BCUT2D eigenvalue weighted by molar-refractivity contribution is -0.125. The van der Waals surface area contributed by atoms with E-state index in [1.807, 2.05) is 10.7 Å². The molecule has 7 nitrogen and oxygen atoms in total. The number of amides is 1. The van der Waals surface area contributed by atoms with Crippen LogP contribution in [0.5, 0.6) is 0 Å². The topological polar surface area (TPSA) is 85.8 Å². The van der Waals surface area contributed by atoms with Gasteiger partial charge in [-0.15, -0.1) is 0 Å². The Hall–Kier alpha value is -3.10. The lowest BCUT2D eigenvalue weighted by Crippen LogP contribution is -2.35. The molecule has 4 rings (SSSR count). The molecular formula is C17H15F2N5O2. The van der Waals surface area contributed by atoms with Crippen LogP contribution in [0.25, 0.3) is 11.5 Å². The monoisotopic (exact) mass is 359 g/mol. The summed E-state index contributed by atoms with van der Waals surface area (Å²) in [6.07, 6.45) is 3.03. The highest BCUT2D eigenvalue weighted by Crippen LogP contribution is 2.24. The summed E-state index contributed by atoms with van der Waals surface area (Å²) < 4.78 is 34.3. The largest absolute Gasteiger partial charge is 0.348 e. The van der Waals surface area contributed by atoms with E-state index in [0.717, 1.165) is 17.8 Å². The molecule has 0 saturated heterocycles. The molecule has 0 radical (unpaired) electrons. The Labute approximate surface area is 147 Å². The van der Waals surface area contributed by atoms with Crippen molar-refractivity contribution in [3.63, 3.8) is 0 Å². The number of carbonyl (C=O) groups is 1. The van der Waals surface area contributed by atoms with Gasteiger partial charge in [0, 0.05) is 30.8 Å². The molecule has 9 heteroatoms. The van der Waals surface area contributed by atoms with E-state index in [0.29, 0.717) is 19.4 Å². The molecule has 1 aromatic carbocycles. The molecule has 1 N–H and O–H groups in total. The van der Waals surface area contributed by atoms with Gasteiger partial charge in [0.1, 0.15) is 17.2 Å². The van der Waals surface area contributed by atoms with Crippen LogP contribution in [0.4, 0.5) is 8.78 Å². The Morgan fingerprint density at radius 3 is 2.92 bits per heavy atom. The summed E-state index contributed by atoms with van der Waals surface area (Å²) in [6.45, 7) is 0.716. The van der Waals surface area contributed by atoms with Gasteiger partial charge in [-0.1, -0.05) is 11.2 Å². The number of benzene rings is 1. The fraction of sp³-hybridized carbons (Fsp3) is 0.294. The van der Waals surface area contributed by atoms with E-state index in [1.165, 1.54) is 6.07 Å². The fourth-order valence-corrected chi connectivity index (χ4v) is 3.03. The Bertz CT molecular complexity index is 932. The van der Waals surface area contributed by atoms with Crippen LogP contribution in [0.1, 0.15) is 17.9 Å². The van der Waals surface area contributed by atoms with Gasteiger partial charge < -0.3 is 9.84 Å². The van der Waals surface area contributed by atoms with Crippen molar-refractivity contribution in [1.29, 1.82) is 0 Å². The van der Waals surface area contributed by atoms with Crippen molar-refractivity contribution in [1.82, 2.24) is 25.2 Å². The number of fused-ring (bicyclic) bond motifs is 1. The SMILES string of the molecule is O=C(NCc1noc(-c2c(F)cccc2F)n1)C1CCn2nccc2C1. The number of halogens is 2. The van der Waals surface area contributed by atoms with Gasteiger partial charge in [0.25, 0.3) is 5.89 Å². The van der Waals surface area contributed by atoms with Crippen LogP contribution in [-0.4, -0.2) is 25.8 Å². The molecule has 0 bridgehead atoms. The van der Waals surface area contributed by atoms with E-state index in [9.17, 15) is 13.6 Å². The second-order valence-electron chi connectivity index (χ2n) is 6.07. The van der Waals surface area contributed by atoms with E-state index < -0.39 is 11.6 Å². The average molecular weight is 359 g/mol. The molecule has 0 saturated carbocycles. The van der Waals surface area contributed by atoms with Gasteiger partial charge in [0.2, 0.25) is 5.91 Å². The zero-order chi connectivity index (χ0) is 18.1. The quantitative estimate of drug-likeness (QED) is 0.771. The van der Waals surface area contributed by atoms with Gasteiger partial charge in [-0.2, -0.15) is 10.1 Å². The van der Waals surface area contributed by atoms with Gasteiger partial charge in [0.15, 0.2) is 5.82 Å². The average Bonchev–Trinajstić information content (AvgIpc) is 3.28. The first-order valence-corrected chi connectivity index (χ1v) is 8.17. The molecule has 0 aliphatic carbocycles. The zero-order valence-corrected chi connectivity index (χ0v) is 13.7. The van der Waals surface area contributed by atoms with Crippen molar-refractivity contribution in [3.8, 4) is 11.5 Å². The number of rotatable bonds is 4. The first-order valence-electron chi connectivity index (χ1n) is 8.17. The normalized spacial score (nSPS) is 16.3. The lowest BCUT2D eigenvalue weighted by Gasteiger charge is -2.22. The third-order valence-electron chi connectivity index (χ3n) is 4.39. The van der Waals surface area contributed by atoms with E-state index in [4.69, 9.17) is 4.52 Å². The summed E-state index contributed by atoms with van der Waals surface area (Å²) in [6, 6.07) is 5.37. The molecule has 1 amide bonds. The predicted octanol–water partition coefficient (Wildman–Crippen LogP) is 2.09. The highest BCUT2D eigenvalue weighted by molar-refractivity contribution is 5.78. The number of carbonyl (C=O) groups excluding carboxylic acids is 1. The maximum absolute atomic E-state index is 13.8. The standard InChI is InChI=1S/C17H15F2N5O2/c18-12-2-1-3-13(19)15(12)17-22-14(23-26-17)9-20-16(25)10-5-7-24-11(8-10)4-6-21-24/h1-4,6,10H,5,7-9H2,(H,20,25). The molecule has 1 unspecified atom stereocenters. The van der Waals surface area contributed by atoms with Crippen LogP contribution in [0.15, 0.2) is 35.0 Å². The molecule has 134 valence electrons. The summed E-state index contributed by atoms with van der Waals surface area (Å²) in [4.78, 5) is 16.3. The van der Waals surface area contributed by atoms with Crippen molar-refractivity contribution >= 4 is 5.91 Å². The minimum Gasteiger partial charge on any atom is -0.348 e. The van der Waals surface area contributed by atoms with Crippen LogP contribution in [0, 0.1) is 17.6 Å². The first kappa shape index (κ1) is 16.4. The van der Waals surface area contributed by atoms with Crippen molar-refractivity contribution in [2.45, 2.75) is 25.9 Å². The third-order valence-corrected chi connectivity index (χ3v) is 4.39. The Balaban J connectivity index is 1.40. The summed E-state index contributed by atoms with van der Waals surface area (Å²) in [5.74, 6) is -1.97. The maximum Gasteiger partial charge on any atom is 0.263 e. The minimum absolute atomic E-state index is 0.0220. The second kappa shape index (κ2) is 6.66. The van der Waals surface area contributed by atoms with Gasteiger partial charge in [-0.25, -0.2) is 8.78 Å². The summed E-state index contributed by atoms with van der Waals surface area (Å²) in [5, 5.41) is 10.6. The van der Waals surface area contributed by atoms with Crippen molar-refractivity contribution in [2.75, 3.05) is 0 Å². The minimum atomic E-state index is -0.789. The van der Waals surface area contributed by atoms with Gasteiger partial charge in [-0.05, 0) is 24.6 Å². The Morgan fingerprint density at radius 2 is 2.12 bits per heavy atom. The van der Waals surface area contributed by atoms with Crippen LogP contribution < -0.4 is 5.32 Å². The smallest absolute Gasteiger partial charge is 0.263 e. The molecule has 0 fully saturated rings. The molecule has 3 heterocycles. The second-order valence-corrected chi connectivity index (χ2v) is 6.07. The first-order chi connectivity index (χ1) is 12.6. The Morgan fingerprint density at radius 1 is 1.31 bits per heavy atom. The zero-order valence-electron chi connectivity index (χ0n) is 13.7. The van der Waals surface area contributed by atoms with Crippen LogP contribution >= 0.6 is 0 Å². The number of hydrogen-bond acceptors (Lipinski definition) is 5. The molecule has 0 spiro atoms. The lowest BCUT2D eigenvalue weighted by atomic mass is 9.95. The van der Waals surface area contributed by atoms with Crippen molar-refractivity contribution in [3.05, 3.63) is 53.6 Å². The summed E-state index contributed by atoms with van der Waals surface area (Å²) >= 11 is 0. The number of nitrogens with one attached hydrogen (secondary N) is 1. The molecule has 1 atom stereocenters. The van der Waals surface area contributed by atoms with Crippen LogP contribution in [0.2, 0.25) is 0 Å². The van der Waals surface area contributed by atoms with E-state index in [1.54, 1.807) is 6.20 Å². The molecule has 1 aliphatic heterocycles. The summed E-state index contributed by atoms with van der Waals surface area (Å²) in [7, 11) is 0. The molecule has 26 heavy (non-hydrogen) atoms.